The van der Waals surface area contributed by atoms with Crippen molar-refractivity contribution in [1.82, 2.24) is 4.57 Å². The zero-order chi connectivity index (χ0) is 21.5. The predicted molar refractivity (Wildman–Crippen MR) is 147 cm³/mol. The molecule has 0 radical (unpaired) electrons. The molecule has 0 aliphatic rings. The molecule has 0 bridgehead atoms. The van der Waals surface area contributed by atoms with Gasteiger partial charge < -0.3 is 4.57 Å². The van der Waals surface area contributed by atoms with Gasteiger partial charge in [-0.05, 0) is 48.5 Å². The van der Waals surface area contributed by atoms with Gasteiger partial charge in [0.05, 0.1) is 11.0 Å². The highest BCUT2D eigenvalue weighted by atomic mass is 32.1. The van der Waals surface area contributed by atoms with Crippen molar-refractivity contribution < 1.29 is 0 Å². The van der Waals surface area contributed by atoms with Crippen LogP contribution in [0.4, 0.5) is 0 Å². The van der Waals surface area contributed by atoms with Gasteiger partial charge in [-0.15, -0.1) is 22.7 Å². The summed E-state index contributed by atoms with van der Waals surface area (Å²) in [4.78, 5) is 0. The van der Waals surface area contributed by atoms with Gasteiger partial charge in [-0.25, -0.2) is 0 Å². The first-order valence-electron chi connectivity index (χ1n) is 11.1. The number of hydrogen-bond donors (Lipinski definition) is 0. The number of benzene rings is 5. The first kappa shape index (κ1) is 17.8. The van der Waals surface area contributed by atoms with Crippen molar-refractivity contribution in [3.8, 4) is 5.69 Å². The summed E-state index contributed by atoms with van der Waals surface area (Å²) in [7, 11) is 0. The number of aromatic nitrogens is 1. The largest absolute Gasteiger partial charge is 0.309 e. The minimum atomic E-state index is 1.22. The fourth-order valence-corrected chi connectivity index (χ4v) is 7.53. The predicted octanol–water partition coefficient (Wildman–Crippen LogP) is 9.52. The molecule has 0 atom stereocenters. The van der Waals surface area contributed by atoms with E-state index in [0.29, 0.717) is 0 Å². The van der Waals surface area contributed by atoms with Gasteiger partial charge in [-0.2, -0.15) is 0 Å². The molecule has 1 nitrogen and oxygen atoms in total. The SMILES string of the molecule is c1ccc2c(c1)sc1ccc(-n3c4ccccc4c4cc5sc6ccccc6c5cc43)cc12. The maximum atomic E-state index is 2.45. The van der Waals surface area contributed by atoms with Gasteiger partial charge in [0, 0.05) is 56.8 Å². The van der Waals surface area contributed by atoms with Crippen molar-refractivity contribution in [3.63, 3.8) is 0 Å². The molecule has 0 aliphatic heterocycles. The number of rotatable bonds is 1. The lowest BCUT2D eigenvalue weighted by Crippen LogP contribution is -1.93. The maximum Gasteiger partial charge on any atom is 0.0548 e. The van der Waals surface area contributed by atoms with E-state index >= 15 is 0 Å². The molecule has 0 fully saturated rings. The van der Waals surface area contributed by atoms with Crippen LogP contribution in [0.15, 0.2) is 103 Å². The van der Waals surface area contributed by atoms with E-state index in [2.05, 4.69) is 108 Å². The van der Waals surface area contributed by atoms with Crippen LogP contribution in [0.5, 0.6) is 0 Å². The molecule has 3 heteroatoms. The summed E-state index contributed by atoms with van der Waals surface area (Å²) >= 11 is 3.76. The quantitative estimate of drug-likeness (QED) is 0.232. The molecule has 0 aliphatic carbocycles. The van der Waals surface area contributed by atoms with Crippen LogP contribution in [0.3, 0.4) is 0 Å². The second-order valence-corrected chi connectivity index (χ2v) is 10.8. The summed E-state index contributed by atoms with van der Waals surface area (Å²) < 4.78 is 7.83. The van der Waals surface area contributed by atoms with Crippen LogP contribution < -0.4 is 0 Å². The van der Waals surface area contributed by atoms with Crippen LogP contribution in [0.1, 0.15) is 0 Å². The third-order valence-corrected chi connectivity index (χ3v) is 9.07. The zero-order valence-corrected chi connectivity index (χ0v) is 19.2. The highest BCUT2D eigenvalue weighted by Crippen LogP contribution is 2.41. The van der Waals surface area contributed by atoms with Gasteiger partial charge in [0.2, 0.25) is 0 Å². The molecule has 0 saturated carbocycles. The fraction of sp³-hybridized carbons (Fsp3) is 0. The molecule has 0 saturated heterocycles. The van der Waals surface area contributed by atoms with Crippen LogP contribution in [0.2, 0.25) is 0 Å². The standard InChI is InChI=1S/C30H17NS2/c1-4-10-25-19(7-1)22-17-30-24(21-9-3-6-12-28(21)33-30)16-26(22)31(25)18-13-14-29-23(15-18)20-8-2-5-11-27(20)32-29/h1-17H. The third-order valence-electron chi connectivity index (χ3n) is 6.79. The normalized spacial score (nSPS) is 12.2. The average molecular weight is 456 g/mol. The van der Waals surface area contributed by atoms with Gasteiger partial charge >= 0.3 is 0 Å². The van der Waals surface area contributed by atoms with Crippen LogP contribution >= 0.6 is 22.7 Å². The second-order valence-electron chi connectivity index (χ2n) is 8.59. The molecule has 3 aromatic heterocycles. The van der Waals surface area contributed by atoms with E-state index in [0.717, 1.165) is 0 Å². The Morgan fingerprint density at radius 2 is 1.00 bits per heavy atom. The molecule has 0 unspecified atom stereocenters. The number of para-hydroxylation sites is 1. The Kier molecular flexibility index (Phi) is 3.48. The summed E-state index contributed by atoms with van der Waals surface area (Å²) in [6, 6.07) is 38.0. The minimum Gasteiger partial charge on any atom is -0.309 e. The molecule has 154 valence electrons. The maximum absolute atomic E-state index is 2.45. The Hall–Kier alpha value is -3.66. The minimum absolute atomic E-state index is 1.22. The Morgan fingerprint density at radius 1 is 0.394 bits per heavy atom. The number of hydrogen-bond acceptors (Lipinski definition) is 2. The second kappa shape index (κ2) is 6.44. The molecular weight excluding hydrogens is 438 g/mol. The van der Waals surface area contributed by atoms with Crippen LogP contribution in [-0.4, -0.2) is 4.57 Å². The van der Waals surface area contributed by atoms with Crippen molar-refractivity contribution >= 4 is 84.8 Å². The van der Waals surface area contributed by atoms with E-state index in [1.165, 1.54) is 67.8 Å². The first-order chi connectivity index (χ1) is 16.3. The molecule has 0 amide bonds. The van der Waals surface area contributed by atoms with Gasteiger partial charge in [0.1, 0.15) is 0 Å². The van der Waals surface area contributed by atoms with Crippen molar-refractivity contribution in [2.75, 3.05) is 0 Å². The highest BCUT2D eigenvalue weighted by Gasteiger charge is 2.16. The van der Waals surface area contributed by atoms with Gasteiger partial charge in [-0.1, -0.05) is 54.6 Å². The number of fused-ring (bicyclic) bond motifs is 9. The molecule has 5 aromatic carbocycles. The summed E-state index contributed by atoms with van der Waals surface area (Å²) in [5.41, 5.74) is 3.75. The molecule has 0 N–H and O–H groups in total. The van der Waals surface area contributed by atoms with Crippen molar-refractivity contribution in [3.05, 3.63) is 103 Å². The fourth-order valence-electron chi connectivity index (χ4n) is 5.32. The lowest BCUT2D eigenvalue weighted by Gasteiger charge is -2.08. The van der Waals surface area contributed by atoms with E-state index in [4.69, 9.17) is 0 Å². The van der Waals surface area contributed by atoms with Crippen molar-refractivity contribution in [1.29, 1.82) is 0 Å². The number of thiophene rings is 2. The summed E-state index contributed by atoms with van der Waals surface area (Å²) in [6.45, 7) is 0. The summed E-state index contributed by atoms with van der Waals surface area (Å²) in [5.74, 6) is 0. The zero-order valence-electron chi connectivity index (χ0n) is 17.6. The Balaban J connectivity index is 1.53. The van der Waals surface area contributed by atoms with Crippen molar-refractivity contribution in [2.45, 2.75) is 0 Å². The average Bonchev–Trinajstić information content (AvgIpc) is 3.51. The Labute approximate surface area is 197 Å². The Bertz CT molecular complexity index is 2030. The lowest BCUT2D eigenvalue weighted by atomic mass is 10.1. The van der Waals surface area contributed by atoms with Gasteiger partial charge in [0.25, 0.3) is 0 Å². The molecule has 8 aromatic rings. The Morgan fingerprint density at radius 3 is 1.79 bits per heavy atom. The number of nitrogens with zero attached hydrogens (tertiary/aromatic N) is 1. The van der Waals surface area contributed by atoms with Crippen molar-refractivity contribution in [2.24, 2.45) is 0 Å². The monoisotopic (exact) mass is 455 g/mol. The van der Waals surface area contributed by atoms with Crippen LogP contribution in [0, 0.1) is 0 Å². The smallest absolute Gasteiger partial charge is 0.0548 e. The summed E-state index contributed by atoms with van der Waals surface area (Å²) in [5, 5.41) is 7.99. The molecule has 8 rings (SSSR count). The third kappa shape index (κ3) is 2.41. The van der Waals surface area contributed by atoms with E-state index in [-0.39, 0.29) is 0 Å². The molecule has 3 heterocycles. The van der Waals surface area contributed by atoms with Gasteiger partial charge in [0.15, 0.2) is 0 Å². The molecular formula is C30H17NS2. The lowest BCUT2D eigenvalue weighted by molar-refractivity contribution is 1.19. The molecule has 33 heavy (non-hydrogen) atoms. The van der Waals surface area contributed by atoms with Crippen LogP contribution in [-0.2, 0) is 0 Å². The highest BCUT2D eigenvalue weighted by molar-refractivity contribution is 7.26. The molecule has 0 spiro atoms. The topological polar surface area (TPSA) is 4.93 Å². The summed E-state index contributed by atoms with van der Waals surface area (Å²) in [6.07, 6.45) is 0. The first-order valence-corrected chi connectivity index (χ1v) is 12.7. The van der Waals surface area contributed by atoms with E-state index in [9.17, 15) is 0 Å². The van der Waals surface area contributed by atoms with Crippen LogP contribution in [0.25, 0.3) is 67.8 Å². The van der Waals surface area contributed by atoms with E-state index in [1.54, 1.807) is 0 Å². The van der Waals surface area contributed by atoms with E-state index < -0.39 is 0 Å². The van der Waals surface area contributed by atoms with Gasteiger partial charge in [-0.3, -0.25) is 0 Å². The van der Waals surface area contributed by atoms with E-state index in [1.807, 2.05) is 22.7 Å².